The lowest BCUT2D eigenvalue weighted by Gasteiger charge is -2.15. The third-order valence-corrected chi connectivity index (χ3v) is 3.95. The van der Waals surface area contributed by atoms with E-state index in [9.17, 15) is 8.78 Å². The van der Waals surface area contributed by atoms with Crippen LogP contribution in [0.15, 0.2) is 36.4 Å². The van der Waals surface area contributed by atoms with E-state index >= 15 is 0 Å². The van der Waals surface area contributed by atoms with Gasteiger partial charge in [-0.3, -0.25) is 0 Å². The Balaban J connectivity index is 0.00000161. The fourth-order valence-electron chi connectivity index (χ4n) is 2.86. The quantitative estimate of drug-likeness (QED) is 0.828. The molecule has 1 heterocycles. The Kier molecular flexibility index (Phi) is 4.96. The third-order valence-electron chi connectivity index (χ3n) is 3.95. The first-order chi connectivity index (χ1) is 9.66. The first kappa shape index (κ1) is 15.9. The Morgan fingerprint density at radius 2 is 1.81 bits per heavy atom. The van der Waals surface area contributed by atoms with Crippen molar-refractivity contribution in [2.75, 3.05) is 13.1 Å². The van der Waals surface area contributed by atoms with E-state index in [1.165, 1.54) is 29.3 Å². The summed E-state index contributed by atoms with van der Waals surface area (Å²) in [6.45, 7) is 3.99. The molecule has 0 radical (unpaired) electrons. The molecular formula is C17H18ClF2N. The van der Waals surface area contributed by atoms with E-state index in [1.807, 2.05) is 18.2 Å². The van der Waals surface area contributed by atoms with E-state index in [-0.39, 0.29) is 18.0 Å². The van der Waals surface area contributed by atoms with Gasteiger partial charge in [-0.25, -0.2) is 8.78 Å². The topological polar surface area (TPSA) is 12.0 Å². The smallest absolute Gasteiger partial charge is 0.133 e. The zero-order chi connectivity index (χ0) is 14.1. The van der Waals surface area contributed by atoms with Crippen molar-refractivity contribution in [2.24, 2.45) is 0 Å². The van der Waals surface area contributed by atoms with Gasteiger partial charge in [-0.05, 0) is 47.7 Å². The highest BCUT2D eigenvalue weighted by atomic mass is 35.5. The van der Waals surface area contributed by atoms with Gasteiger partial charge in [-0.15, -0.1) is 12.4 Å². The monoisotopic (exact) mass is 309 g/mol. The van der Waals surface area contributed by atoms with Gasteiger partial charge in [0.05, 0.1) is 5.56 Å². The molecule has 0 bridgehead atoms. The van der Waals surface area contributed by atoms with E-state index < -0.39 is 11.6 Å². The summed E-state index contributed by atoms with van der Waals surface area (Å²) in [6, 6.07) is 9.75. The molecule has 1 nitrogen and oxygen atoms in total. The van der Waals surface area contributed by atoms with Crippen LogP contribution in [0.4, 0.5) is 8.78 Å². The van der Waals surface area contributed by atoms with Crippen LogP contribution in [0.5, 0.6) is 0 Å². The Morgan fingerprint density at radius 3 is 2.52 bits per heavy atom. The van der Waals surface area contributed by atoms with Gasteiger partial charge in [-0.2, -0.15) is 0 Å². The summed E-state index contributed by atoms with van der Waals surface area (Å²) in [5.41, 5.74) is 3.14. The van der Waals surface area contributed by atoms with Crippen LogP contribution in [-0.4, -0.2) is 13.1 Å². The Morgan fingerprint density at radius 1 is 1.10 bits per heavy atom. The van der Waals surface area contributed by atoms with Crippen molar-refractivity contribution in [1.82, 2.24) is 5.32 Å². The Labute approximate surface area is 129 Å². The van der Waals surface area contributed by atoms with Crippen molar-refractivity contribution in [3.05, 3.63) is 59.2 Å². The summed E-state index contributed by atoms with van der Waals surface area (Å²) in [5.74, 6) is -0.670. The van der Waals surface area contributed by atoms with E-state index in [0.29, 0.717) is 11.5 Å². The molecule has 3 rings (SSSR count). The number of fused-ring (bicyclic) bond motifs is 1. The standard InChI is InChI=1S/C17H17F2N.ClH/c1-11-10-20-8-7-12-5-6-13(9-14(11)12)17-15(18)3-2-4-16(17)19;/h2-6,9,11,20H,7-8,10H2,1H3;1H/t11-;/m1./s1. The molecule has 0 saturated carbocycles. The van der Waals surface area contributed by atoms with Gasteiger partial charge in [0.2, 0.25) is 0 Å². The van der Waals surface area contributed by atoms with Crippen molar-refractivity contribution < 1.29 is 8.78 Å². The highest BCUT2D eigenvalue weighted by molar-refractivity contribution is 5.85. The Hall–Kier alpha value is -1.45. The van der Waals surface area contributed by atoms with Crippen LogP contribution in [0.25, 0.3) is 11.1 Å². The van der Waals surface area contributed by atoms with Crippen molar-refractivity contribution in [2.45, 2.75) is 19.3 Å². The molecule has 2 aromatic rings. The van der Waals surface area contributed by atoms with E-state index in [1.54, 1.807) is 0 Å². The first-order valence-corrected chi connectivity index (χ1v) is 6.94. The second-order valence-corrected chi connectivity index (χ2v) is 5.37. The number of benzene rings is 2. The maximum absolute atomic E-state index is 13.9. The summed E-state index contributed by atoms with van der Waals surface area (Å²) in [4.78, 5) is 0. The average molecular weight is 310 g/mol. The molecule has 4 heteroatoms. The second-order valence-electron chi connectivity index (χ2n) is 5.37. The minimum absolute atomic E-state index is 0. The number of nitrogens with one attached hydrogen (secondary N) is 1. The first-order valence-electron chi connectivity index (χ1n) is 6.94. The van der Waals surface area contributed by atoms with Gasteiger partial charge in [0, 0.05) is 6.54 Å². The van der Waals surface area contributed by atoms with E-state index in [2.05, 4.69) is 12.2 Å². The van der Waals surface area contributed by atoms with E-state index in [4.69, 9.17) is 0 Å². The van der Waals surface area contributed by atoms with Gasteiger partial charge >= 0.3 is 0 Å². The molecule has 0 unspecified atom stereocenters. The number of rotatable bonds is 1. The van der Waals surface area contributed by atoms with Gasteiger partial charge < -0.3 is 5.32 Å². The van der Waals surface area contributed by atoms with Crippen LogP contribution >= 0.6 is 12.4 Å². The van der Waals surface area contributed by atoms with Crippen LogP contribution in [0.1, 0.15) is 24.0 Å². The molecule has 2 aromatic carbocycles. The summed E-state index contributed by atoms with van der Waals surface area (Å²) >= 11 is 0. The Bertz CT molecular complexity index is 622. The molecular weight excluding hydrogens is 292 g/mol. The lowest BCUT2D eigenvalue weighted by atomic mass is 9.91. The van der Waals surface area contributed by atoms with Crippen LogP contribution in [0.2, 0.25) is 0 Å². The van der Waals surface area contributed by atoms with Crippen molar-refractivity contribution in [3.63, 3.8) is 0 Å². The summed E-state index contributed by atoms with van der Waals surface area (Å²) in [5, 5.41) is 3.38. The molecule has 112 valence electrons. The minimum atomic E-state index is -0.510. The third kappa shape index (κ3) is 3.09. The molecule has 0 saturated heterocycles. The van der Waals surface area contributed by atoms with Gasteiger partial charge in [0.25, 0.3) is 0 Å². The molecule has 1 aliphatic rings. The number of hydrogen-bond acceptors (Lipinski definition) is 1. The molecule has 0 amide bonds. The van der Waals surface area contributed by atoms with Crippen LogP contribution in [-0.2, 0) is 6.42 Å². The summed E-state index contributed by atoms with van der Waals surface area (Å²) in [7, 11) is 0. The predicted octanol–water partition coefficient (Wildman–Crippen LogP) is 4.30. The van der Waals surface area contributed by atoms with E-state index in [0.717, 1.165) is 19.5 Å². The molecule has 1 atom stereocenters. The molecule has 0 aromatic heterocycles. The lowest BCUT2D eigenvalue weighted by molar-refractivity contribution is 0.589. The maximum Gasteiger partial charge on any atom is 0.133 e. The van der Waals surface area contributed by atoms with Crippen molar-refractivity contribution in [1.29, 1.82) is 0 Å². The number of hydrogen-bond donors (Lipinski definition) is 1. The summed E-state index contributed by atoms with van der Waals surface area (Å²) < 4.78 is 27.8. The molecule has 1 aliphatic heterocycles. The average Bonchev–Trinajstić information content (AvgIpc) is 2.61. The molecule has 1 N–H and O–H groups in total. The maximum atomic E-state index is 13.9. The number of halogens is 3. The summed E-state index contributed by atoms with van der Waals surface area (Å²) in [6.07, 6.45) is 0.958. The minimum Gasteiger partial charge on any atom is -0.316 e. The predicted molar refractivity (Wildman–Crippen MR) is 84.0 cm³/mol. The van der Waals surface area contributed by atoms with Gasteiger partial charge in [0.15, 0.2) is 0 Å². The molecule has 0 spiro atoms. The molecule has 0 aliphatic carbocycles. The fourth-order valence-corrected chi connectivity index (χ4v) is 2.86. The highest BCUT2D eigenvalue weighted by Gasteiger charge is 2.17. The zero-order valence-corrected chi connectivity index (χ0v) is 12.6. The fraction of sp³-hybridized carbons (Fsp3) is 0.294. The van der Waals surface area contributed by atoms with Gasteiger partial charge in [-0.1, -0.05) is 31.2 Å². The van der Waals surface area contributed by atoms with Crippen molar-refractivity contribution in [3.8, 4) is 11.1 Å². The largest absolute Gasteiger partial charge is 0.316 e. The van der Waals surface area contributed by atoms with Gasteiger partial charge in [0.1, 0.15) is 11.6 Å². The normalized spacial score (nSPS) is 17.6. The van der Waals surface area contributed by atoms with Crippen LogP contribution in [0, 0.1) is 11.6 Å². The highest BCUT2D eigenvalue weighted by Crippen LogP contribution is 2.31. The molecule has 0 fully saturated rings. The molecule has 21 heavy (non-hydrogen) atoms. The van der Waals surface area contributed by atoms with Crippen LogP contribution < -0.4 is 5.32 Å². The van der Waals surface area contributed by atoms with Crippen molar-refractivity contribution >= 4 is 12.4 Å². The van der Waals surface area contributed by atoms with Crippen LogP contribution in [0.3, 0.4) is 0 Å². The zero-order valence-electron chi connectivity index (χ0n) is 11.8. The lowest BCUT2D eigenvalue weighted by Crippen LogP contribution is -2.18. The SMILES string of the molecule is C[C@@H]1CNCCc2ccc(-c3c(F)cccc3F)cc21.Cl. The second kappa shape index (κ2) is 6.54.